The second-order valence-corrected chi connectivity index (χ2v) is 21.3. The molecule has 0 fully saturated rings. The maximum Gasteiger partial charge on any atom is 0.268 e. The molecular formula is C56H107N2O6P. The Hall–Kier alpha value is -1.54. The molecule has 3 unspecified atom stereocenters. The molecule has 382 valence electrons. The number of unbranched alkanes of at least 4 members (excludes halogenated alkanes) is 29. The Bertz CT molecular complexity index is 1200. The summed E-state index contributed by atoms with van der Waals surface area (Å²) in [5, 5.41) is 13.8. The summed E-state index contributed by atoms with van der Waals surface area (Å²) >= 11 is 0. The lowest BCUT2D eigenvalue weighted by Crippen LogP contribution is -2.46. The van der Waals surface area contributed by atoms with Gasteiger partial charge in [-0.05, 0) is 51.4 Å². The molecule has 0 aliphatic heterocycles. The molecule has 0 aromatic carbocycles. The predicted octanol–water partition coefficient (Wildman–Crippen LogP) is 15.7. The van der Waals surface area contributed by atoms with Crippen molar-refractivity contribution in [1.82, 2.24) is 5.32 Å². The van der Waals surface area contributed by atoms with Crippen LogP contribution < -0.4 is 10.2 Å². The summed E-state index contributed by atoms with van der Waals surface area (Å²) in [5.41, 5.74) is 0. The standard InChI is InChI=1S/C56H107N2O6P/c1-6-8-10-12-14-15-16-17-18-19-20-21-22-23-24-25-26-27-28-29-30-31-32-33-34-35-36-37-38-39-40-41-42-43-44-46-48-50-56(60)57-54(55(59)49-47-45-13-11-9-7-2)53-64-65(61,62)63-52-51-58(3,4)5/h8,10,14-15,17-18,20-21,54-55,59H,6-7,9,11-13,16,19,22-53H2,1-5H3,(H-,57,60,61,62)/b10-8-,15-14-,18-17-,21-20-. The number of hydrogen-bond acceptors (Lipinski definition) is 6. The van der Waals surface area contributed by atoms with Crippen molar-refractivity contribution in [1.29, 1.82) is 0 Å². The van der Waals surface area contributed by atoms with Gasteiger partial charge in [-0.25, -0.2) is 0 Å². The van der Waals surface area contributed by atoms with E-state index < -0.39 is 20.0 Å². The number of quaternary nitrogens is 1. The van der Waals surface area contributed by atoms with Crippen LogP contribution in [0.25, 0.3) is 0 Å². The minimum atomic E-state index is -4.55. The highest BCUT2D eigenvalue weighted by Crippen LogP contribution is 2.38. The van der Waals surface area contributed by atoms with Crippen molar-refractivity contribution >= 4 is 13.7 Å². The first kappa shape index (κ1) is 63.5. The van der Waals surface area contributed by atoms with Gasteiger partial charge in [0.25, 0.3) is 7.82 Å². The highest BCUT2D eigenvalue weighted by atomic mass is 31.2. The zero-order valence-electron chi connectivity index (χ0n) is 43.4. The summed E-state index contributed by atoms with van der Waals surface area (Å²) in [6, 6.07) is -0.795. The summed E-state index contributed by atoms with van der Waals surface area (Å²) in [7, 11) is 1.31. The van der Waals surface area contributed by atoms with E-state index in [-0.39, 0.29) is 19.1 Å². The monoisotopic (exact) mass is 935 g/mol. The van der Waals surface area contributed by atoms with Gasteiger partial charge < -0.3 is 28.8 Å². The second-order valence-electron chi connectivity index (χ2n) is 19.9. The van der Waals surface area contributed by atoms with Crippen LogP contribution in [-0.2, 0) is 18.4 Å². The van der Waals surface area contributed by atoms with Gasteiger partial charge in [0, 0.05) is 6.42 Å². The van der Waals surface area contributed by atoms with Crippen molar-refractivity contribution in [3.8, 4) is 0 Å². The number of likely N-dealkylation sites (N-methyl/N-ethyl adjacent to an activating group) is 1. The molecule has 8 nitrogen and oxygen atoms in total. The first-order valence-electron chi connectivity index (χ1n) is 27.5. The molecule has 2 N–H and O–H groups in total. The Balaban J connectivity index is 3.74. The van der Waals surface area contributed by atoms with Crippen LogP contribution in [0.4, 0.5) is 0 Å². The molecule has 0 bridgehead atoms. The highest BCUT2D eigenvalue weighted by molar-refractivity contribution is 7.45. The number of amides is 1. The summed E-state index contributed by atoms with van der Waals surface area (Å²) < 4.78 is 23.2. The quantitative estimate of drug-likeness (QED) is 0.0272. The van der Waals surface area contributed by atoms with E-state index in [4.69, 9.17) is 9.05 Å². The van der Waals surface area contributed by atoms with Crippen LogP contribution in [0.2, 0.25) is 0 Å². The lowest BCUT2D eigenvalue weighted by molar-refractivity contribution is -0.870. The van der Waals surface area contributed by atoms with Gasteiger partial charge >= 0.3 is 0 Å². The average molecular weight is 935 g/mol. The Labute approximate surface area is 403 Å². The topological polar surface area (TPSA) is 108 Å². The van der Waals surface area contributed by atoms with Crippen molar-refractivity contribution in [3.63, 3.8) is 0 Å². The molecule has 9 heteroatoms. The number of aliphatic hydroxyl groups is 1. The van der Waals surface area contributed by atoms with Crippen LogP contribution in [0.5, 0.6) is 0 Å². The summed E-state index contributed by atoms with van der Waals surface area (Å²) in [6.07, 6.45) is 62.1. The van der Waals surface area contributed by atoms with Gasteiger partial charge in [0.2, 0.25) is 5.91 Å². The summed E-state index contributed by atoms with van der Waals surface area (Å²) in [5.74, 6) is -0.167. The minimum Gasteiger partial charge on any atom is -0.756 e. The van der Waals surface area contributed by atoms with Crippen LogP contribution in [-0.4, -0.2) is 68.5 Å². The van der Waals surface area contributed by atoms with Gasteiger partial charge in [-0.1, -0.05) is 242 Å². The smallest absolute Gasteiger partial charge is 0.268 e. The highest BCUT2D eigenvalue weighted by Gasteiger charge is 2.24. The largest absolute Gasteiger partial charge is 0.756 e. The van der Waals surface area contributed by atoms with Crippen LogP contribution in [0.15, 0.2) is 48.6 Å². The van der Waals surface area contributed by atoms with Gasteiger partial charge in [0.05, 0.1) is 39.9 Å². The average Bonchev–Trinajstić information content (AvgIpc) is 3.26. The molecule has 0 saturated heterocycles. The van der Waals surface area contributed by atoms with Crippen molar-refractivity contribution in [2.45, 2.75) is 264 Å². The predicted molar refractivity (Wildman–Crippen MR) is 279 cm³/mol. The summed E-state index contributed by atoms with van der Waals surface area (Å²) in [4.78, 5) is 25.2. The third kappa shape index (κ3) is 50.2. The molecule has 0 heterocycles. The Morgan fingerprint density at radius 2 is 0.938 bits per heavy atom. The summed E-state index contributed by atoms with van der Waals surface area (Å²) in [6.45, 7) is 4.55. The number of hydrogen-bond donors (Lipinski definition) is 2. The molecule has 0 aromatic heterocycles. The fourth-order valence-corrected chi connectivity index (χ4v) is 8.76. The minimum absolute atomic E-state index is 0.0127. The van der Waals surface area contributed by atoms with Gasteiger partial charge in [0.15, 0.2) is 0 Å². The second kappa shape index (κ2) is 47.5. The number of nitrogens with zero attached hydrogens (tertiary/aromatic N) is 1. The molecule has 0 radical (unpaired) electrons. The number of carbonyl (C=O) groups excluding carboxylic acids is 1. The lowest BCUT2D eigenvalue weighted by Gasteiger charge is -2.30. The normalized spacial score (nSPS) is 14.4. The Kier molecular flexibility index (Phi) is 46.4. The number of nitrogens with one attached hydrogen (secondary N) is 1. The number of carbonyl (C=O) groups is 1. The number of allylic oxidation sites excluding steroid dienone is 8. The van der Waals surface area contributed by atoms with E-state index in [0.717, 1.165) is 64.2 Å². The van der Waals surface area contributed by atoms with Gasteiger partial charge in [-0.3, -0.25) is 9.36 Å². The van der Waals surface area contributed by atoms with E-state index in [1.54, 1.807) is 0 Å². The molecule has 65 heavy (non-hydrogen) atoms. The lowest BCUT2D eigenvalue weighted by atomic mass is 10.0. The maximum atomic E-state index is 12.8. The van der Waals surface area contributed by atoms with Crippen LogP contribution in [0, 0.1) is 0 Å². The van der Waals surface area contributed by atoms with Crippen molar-refractivity contribution in [2.24, 2.45) is 0 Å². The molecule has 0 spiro atoms. The van der Waals surface area contributed by atoms with Crippen molar-refractivity contribution in [2.75, 3.05) is 40.9 Å². The number of phosphoric ester groups is 1. The van der Waals surface area contributed by atoms with Gasteiger partial charge in [-0.2, -0.15) is 0 Å². The molecular weight excluding hydrogens is 828 g/mol. The van der Waals surface area contributed by atoms with E-state index in [9.17, 15) is 19.4 Å². The van der Waals surface area contributed by atoms with E-state index in [0.29, 0.717) is 23.9 Å². The third-order valence-electron chi connectivity index (χ3n) is 12.3. The van der Waals surface area contributed by atoms with Crippen molar-refractivity contribution in [3.05, 3.63) is 48.6 Å². The SMILES string of the molecule is CC/C=C\C/C=C\C/C=C\C/C=C\CCCCCCCCCCCCCCCCCCCCCCCCCCC(=O)NC(COP(=O)([O-])OCC[N+](C)(C)C)C(O)CCCCCCCC. The Morgan fingerprint density at radius 1 is 0.554 bits per heavy atom. The first-order chi connectivity index (χ1) is 31.5. The zero-order valence-corrected chi connectivity index (χ0v) is 44.3. The number of phosphoric acid groups is 1. The molecule has 0 aliphatic carbocycles. The van der Waals surface area contributed by atoms with E-state index in [2.05, 4.69) is 67.8 Å². The van der Waals surface area contributed by atoms with E-state index in [1.165, 1.54) is 161 Å². The molecule has 0 aromatic rings. The fourth-order valence-electron chi connectivity index (χ4n) is 8.03. The Morgan fingerprint density at radius 3 is 1.37 bits per heavy atom. The van der Waals surface area contributed by atoms with Gasteiger partial charge in [-0.15, -0.1) is 0 Å². The number of aliphatic hydroxyl groups excluding tert-OH is 1. The first-order valence-corrected chi connectivity index (χ1v) is 28.9. The molecule has 1 amide bonds. The van der Waals surface area contributed by atoms with Crippen LogP contribution in [0.1, 0.15) is 251 Å². The molecule has 0 rings (SSSR count). The molecule has 0 aliphatic rings. The molecule has 0 saturated carbocycles. The van der Waals surface area contributed by atoms with Crippen molar-refractivity contribution < 1.29 is 32.9 Å². The van der Waals surface area contributed by atoms with Crippen LogP contribution in [0.3, 0.4) is 0 Å². The molecule has 3 atom stereocenters. The third-order valence-corrected chi connectivity index (χ3v) is 13.3. The zero-order chi connectivity index (χ0) is 47.8. The van der Waals surface area contributed by atoms with Gasteiger partial charge in [0.1, 0.15) is 13.2 Å². The van der Waals surface area contributed by atoms with Crippen LogP contribution >= 0.6 is 7.82 Å². The maximum absolute atomic E-state index is 12.8. The van der Waals surface area contributed by atoms with E-state index in [1.807, 2.05) is 21.1 Å². The number of rotatable bonds is 50. The van der Waals surface area contributed by atoms with E-state index >= 15 is 0 Å². The fraction of sp³-hybridized carbons (Fsp3) is 0.839.